The summed E-state index contributed by atoms with van der Waals surface area (Å²) in [5.41, 5.74) is 3.33. The Morgan fingerprint density at radius 1 is 1.44 bits per heavy atom. The van der Waals surface area contributed by atoms with E-state index in [1.54, 1.807) is 6.92 Å². The van der Waals surface area contributed by atoms with Crippen LogP contribution in [0.2, 0.25) is 0 Å². The summed E-state index contributed by atoms with van der Waals surface area (Å²) in [5, 5.41) is 15.7. The molecule has 0 saturated heterocycles. The molecular weight excluding hydrogens is 220 g/mol. The van der Waals surface area contributed by atoms with Gasteiger partial charge in [0.25, 0.3) is 0 Å². The quantitative estimate of drug-likeness (QED) is 0.705. The van der Waals surface area contributed by atoms with Gasteiger partial charge in [-0.2, -0.15) is 0 Å². The van der Waals surface area contributed by atoms with E-state index in [0.29, 0.717) is 11.7 Å². The van der Waals surface area contributed by atoms with Gasteiger partial charge in [0.1, 0.15) is 0 Å². The molecular formula is C12H18N2OS. The van der Waals surface area contributed by atoms with E-state index in [1.165, 1.54) is 5.56 Å². The maximum atomic E-state index is 9.12. The van der Waals surface area contributed by atoms with Crippen LogP contribution in [-0.2, 0) is 0 Å². The van der Waals surface area contributed by atoms with Crippen molar-refractivity contribution in [1.29, 1.82) is 0 Å². The van der Waals surface area contributed by atoms with E-state index >= 15 is 0 Å². The van der Waals surface area contributed by atoms with Gasteiger partial charge in [0.2, 0.25) is 0 Å². The second-order valence-electron chi connectivity index (χ2n) is 4.00. The summed E-state index contributed by atoms with van der Waals surface area (Å²) in [6.45, 7) is 6.24. The molecule has 4 heteroatoms. The molecule has 0 saturated carbocycles. The fourth-order valence-electron chi connectivity index (χ4n) is 1.28. The number of aryl methyl sites for hydroxylation is 2. The van der Waals surface area contributed by atoms with E-state index in [9.17, 15) is 0 Å². The maximum Gasteiger partial charge on any atom is 0.170 e. The Labute approximate surface area is 102 Å². The van der Waals surface area contributed by atoms with E-state index in [1.807, 2.05) is 19.9 Å². The molecule has 0 aliphatic rings. The van der Waals surface area contributed by atoms with Crippen LogP contribution in [0.15, 0.2) is 18.2 Å². The molecule has 0 aromatic heterocycles. The van der Waals surface area contributed by atoms with Crippen molar-refractivity contribution < 1.29 is 5.11 Å². The summed E-state index contributed by atoms with van der Waals surface area (Å²) < 4.78 is 0. The fourth-order valence-corrected chi connectivity index (χ4v) is 1.47. The van der Waals surface area contributed by atoms with E-state index < -0.39 is 6.10 Å². The molecule has 1 aromatic carbocycles. The highest BCUT2D eigenvalue weighted by Crippen LogP contribution is 2.15. The molecule has 0 radical (unpaired) electrons. The normalized spacial score (nSPS) is 12.0. The Hall–Kier alpha value is -1.13. The average Bonchev–Trinajstić information content (AvgIpc) is 2.20. The number of hydrogen-bond donors (Lipinski definition) is 3. The van der Waals surface area contributed by atoms with Gasteiger partial charge < -0.3 is 15.7 Å². The highest BCUT2D eigenvalue weighted by molar-refractivity contribution is 7.80. The first-order valence-corrected chi connectivity index (χ1v) is 5.70. The van der Waals surface area contributed by atoms with E-state index in [0.717, 1.165) is 11.3 Å². The molecule has 0 bridgehead atoms. The third-order valence-corrected chi connectivity index (χ3v) is 2.45. The summed E-state index contributed by atoms with van der Waals surface area (Å²) in [5.74, 6) is 0. The highest BCUT2D eigenvalue weighted by Gasteiger charge is 2.02. The Kier molecular flexibility index (Phi) is 4.71. The maximum absolute atomic E-state index is 9.12. The van der Waals surface area contributed by atoms with Crippen LogP contribution in [0.5, 0.6) is 0 Å². The molecule has 0 aliphatic carbocycles. The van der Waals surface area contributed by atoms with Gasteiger partial charge in [0.15, 0.2) is 5.11 Å². The molecule has 1 aromatic rings. The number of anilines is 1. The molecule has 0 spiro atoms. The molecule has 0 unspecified atom stereocenters. The monoisotopic (exact) mass is 238 g/mol. The van der Waals surface area contributed by atoms with Crippen molar-refractivity contribution in [3.63, 3.8) is 0 Å². The van der Waals surface area contributed by atoms with Crippen molar-refractivity contribution >= 4 is 23.0 Å². The van der Waals surface area contributed by atoms with Crippen molar-refractivity contribution in [3.8, 4) is 0 Å². The predicted molar refractivity (Wildman–Crippen MR) is 71.8 cm³/mol. The van der Waals surface area contributed by atoms with Crippen LogP contribution in [0.1, 0.15) is 18.1 Å². The SMILES string of the molecule is Cc1ccc(C)c(NC(=S)NC[C@H](C)O)c1. The van der Waals surface area contributed by atoms with Crippen LogP contribution in [0, 0.1) is 13.8 Å². The predicted octanol–water partition coefficient (Wildman–Crippen LogP) is 1.97. The molecule has 16 heavy (non-hydrogen) atoms. The van der Waals surface area contributed by atoms with Gasteiger partial charge in [-0.25, -0.2) is 0 Å². The van der Waals surface area contributed by atoms with E-state index in [4.69, 9.17) is 17.3 Å². The molecule has 88 valence electrons. The molecule has 0 amide bonds. The van der Waals surface area contributed by atoms with Crippen molar-refractivity contribution in [2.75, 3.05) is 11.9 Å². The first-order valence-electron chi connectivity index (χ1n) is 5.29. The third kappa shape index (κ3) is 4.16. The lowest BCUT2D eigenvalue weighted by atomic mass is 10.1. The lowest BCUT2D eigenvalue weighted by Crippen LogP contribution is -2.34. The Balaban J connectivity index is 2.59. The van der Waals surface area contributed by atoms with Crippen molar-refractivity contribution in [3.05, 3.63) is 29.3 Å². The molecule has 3 nitrogen and oxygen atoms in total. The van der Waals surface area contributed by atoms with Gasteiger partial charge >= 0.3 is 0 Å². The average molecular weight is 238 g/mol. The van der Waals surface area contributed by atoms with Crippen molar-refractivity contribution in [2.45, 2.75) is 26.9 Å². The third-order valence-electron chi connectivity index (χ3n) is 2.20. The first kappa shape index (κ1) is 12.9. The fraction of sp³-hybridized carbons (Fsp3) is 0.417. The molecule has 0 heterocycles. The second kappa shape index (κ2) is 5.82. The number of thiocarbonyl (C=S) groups is 1. The van der Waals surface area contributed by atoms with Crippen LogP contribution >= 0.6 is 12.2 Å². The first-order chi connectivity index (χ1) is 7.49. The van der Waals surface area contributed by atoms with Gasteiger partial charge in [0, 0.05) is 12.2 Å². The van der Waals surface area contributed by atoms with Gasteiger partial charge in [-0.1, -0.05) is 12.1 Å². The summed E-state index contributed by atoms with van der Waals surface area (Å²) >= 11 is 5.12. The minimum atomic E-state index is -0.404. The lowest BCUT2D eigenvalue weighted by Gasteiger charge is -2.13. The van der Waals surface area contributed by atoms with Crippen LogP contribution < -0.4 is 10.6 Å². The van der Waals surface area contributed by atoms with Crippen LogP contribution in [0.3, 0.4) is 0 Å². The van der Waals surface area contributed by atoms with E-state index in [-0.39, 0.29) is 0 Å². The zero-order valence-corrected chi connectivity index (χ0v) is 10.7. The van der Waals surface area contributed by atoms with E-state index in [2.05, 4.69) is 22.8 Å². The number of aliphatic hydroxyl groups excluding tert-OH is 1. The number of nitrogens with one attached hydrogen (secondary N) is 2. The lowest BCUT2D eigenvalue weighted by molar-refractivity contribution is 0.198. The van der Waals surface area contributed by atoms with Crippen molar-refractivity contribution in [2.24, 2.45) is 0 Å². The van der Waals surface area contributed by atoms with Crippen molar-refractivity contribution in [1.82, 2.24) is 5.32 Å². The van der Waals surface area contributed by atoms with Crippen LogP contribution in [0.25, 0.3) is 0 Å². The van der Waals surface area contributed by atoms with Crippen LogP contribution in [0.4, 0.5) is 5.69 Å². The molecule has 0 fully saturated rings. The molecule has 0 aliphatic heterocycles. The number of benzene rings is 1. The second-order valence-corrected chi connectivity index (χ2v) is 4.41. The minimum absolute atomic E-state index is 0.404. The molecule has 1 rings (SSSR count). The minimum Gasteiger partial charge on any atom is -0.392 e. The molecule has 3 N–H and O–H groups in total. The summed E-state index contributed by atoms with van der Waals surface area (Å²) in [6.07, 6.45) is -0.404. The zero-order valence-electron chi connectivity index (χ0n) is 9.87. The van der Waals surface area contributed by atoms with Crippen LogP contribution in [-0.4, -0.2) is 22.9 Å². The van der Waals surface area contributed by atoms with Gasteiger partial charge in [-0.3, -0.25) is 0 Å². The molecule has 1 atom stereocenters. The smallest absolute Gasteiger partial charge is 0.170 e. The Morgan fingerprint density at radius 2 is 2.12 bits per heavy atom. The Morgan fingerprint density at radius 3 is 2.75 bits per heavy atom. The number of aliphatic hydroxyl groups is 1. The van der Waals surface area contributed by atoms with Gasteiger partial charge in [-0.05, 0) is 50.2 Å². The standard InChI is InChI=1S/C12H18N2OS/c1-8-4-5-9(2)11(6-8)14-12(16)13-7-10(3)15/h4-6,10,15H,7H2,1-3H3,(H2,13,14,16)/t10-/m0/s1. The summed E-state index contributed by atoms with van der Waals surface area (Å²) in [4.78, 5) is 0. The largest absolute Gasteiger partial charge is 0.392 e. The number of hydrogen-bond acceptors (Lipinski definition) is 2. The summed E-state index contributed by atoms with van der Waals surface area (Å²) in [6, 6.07) is 6.16. The topological polar surface area (TPSA) is 44.3 Å². The Bertz CT molecular complexity index is 377. The zero-order chi connectivity index (χ0) is 12.1. The van der Waals surface area contributed by atoms with Gasteiger partial charge in [-0.15, -0.1) is 0 Å². The highest BCUT2D eigenvalue weighted by atomic mass is 32.1. The summed E-state index contributed by atoms with van der Waals surface area (Å²) in [7, 11) is 0. The number of rotatable bonds is 3. The van der Waals surface area contributed by atoms with Gasteiger partial charge in [0.05, 0.1) is 6.10 Å².